The molecule has 0 spiro atoms. The molecule has 0 bridgehead atoms. The summed E-state index contributed by atoms with van der Waals surface area (Å²) < 4.78 is 7.17. The van der Waals surface area contributed by atoms with Crippen molar-refractivity contribution in [2.75, 3.05) is 20.2 Å². The van der Waals surface area contributed by atoms with Gasteiger partial charge in [-0.25, -0.2) is 4.98 Å². The highest BCUT2D eigenvalue weighted by Gasteiger charge is 2.23. The Morgan fingerprint density at radius 1 is 1.21 bits per heavy atom. The molecule has 152 valence electrons. The van der Waals surface area contributed by atoms with Gasteiger partial charge in [-0.05, 0) is 57.1 Å². The number of nitrogens with zero attached hydrogens (tertiary/aromatic N) is 4. The highest BCUT2D eigenvalue weighted by atomic mass is 16.5. The van der Waals surface area contributed by atoms with Crippen molar-refractivity contribution in [1.82, 2.24) is 24.6 Å². The van der Waals surface area contributed by atoms with Crippen LogP contribution < -0.4 is 10.3 Å². The van der Waals surface area contributed by atoms with Crippen molar-refractivity contribution in [3.63, 3.8) is 0 Å². The largest absolute Gasteiger partial charge is 0.497 e. The van der Waals surface area contributed by atoms with Crippen LogP contribution in [0.2, 0.25) is 0 Å². The summed E-state index contributed by atoms with van der Waals surface area (Å²) in [5.74, 6) is 1.71. The standard InChI is InChI=1S/C22H27N5O2/c1-3-27-15-16(13-23-27)14-26-10-8-17(9-11-26)20-12-21(28)25-22(24-20)18-4-6-19(29-2)7-5-18/h4-7,12-13,15,17H,3,8-11,14H2,1-2H3,(H,24,25,28). The predicted molar refractivity (Wildman–Crippen MR) is 112 cm³/mol. The summed E-state index contributed by atoms with van der Waals surface area (Å²) in [6.45, 7) is 5.90. The summed E-state index contributed by atoms with van der Waals surface area (Å²) in [6, 6.07) is 9.24. The Balaban J connectivity index is 1.43. The quantitative estimate of drug-likeness (QED) is 0.697. The van der Waals surface area contributed by atoms with Crippen molar-refractivity contribution in [3.05, 3.63) is 64.3 Å². The molecule has 0 atom stereocenters. The number of hydrogen-bond acceptors (Lipinski definition) is 5. The average molecular weight is 393 g/mol. The van der Waals surface area contributed by atoms with Crippen molar-refractivity contribution >= 4 is 0 Å². The summed E-state index contributed by atoms with van der Waals surface area (Å²) >= 11 is 0. The molecule has 0 radical (unpaired) electrons. The molecule has 0 unspecified atom stereocenters. The van der Waals surface area contributed by atoms with Crippen LogP contribution in [0.1, 0.15) is 36.9 Å². The lowest BCUT2D eigenvalue weighted by molar-refractivity contribution is 0.203. The van der Waals surface area contributed by atoms with E-state index in [1.54, 1.807) is 13.2 Å². The first-order valence-corrected chi connectivity index (χ1v) is 10.1. The summed E-state index contributed by atoms with van der Waals surface area (Å²) in [6.07, 6.45) is 6.07. The molecule has 7 heteroatoms. The second-order valence-electron chi connectivity index (χ2n) is 7.50. The van der Waals surface area contributed by atoms with Gasteiger partial charge in [0.2, 0.25) is 0 Å². The number of methoxy groups -OCH3 is 1. The molecule has 0 saturated carbocycles. The van der Waals surface area contributed by atoms with Crippen LogP contribution in [-0.2, 0) is 13.1 Å². The van der Waals surface area contributed by atoms with E-state index in [4.69, 9.17) is 9.72 Å². The fourth-order valence-electron chi connectivity index (χ4n) is 3.88. The number of piperidine rings is 1. The Hall–Kier alpha value is -2.93. The van der Waals surface area contributed by atoms with Gasteiger partial charge >= 0.3 is 0 Å². The van der Waals surface area contributed by atoms with E-state index >= 15 is 0 Å². The molecule has 1 N–H and O–H groups in total. The van der Waals surface area contributed by atoms with Gasteiger partial charge in [0.05, 0.1) is 19.0 Å². The number of likely N-dealkylation sites (tertiary alicyclic amines) is 1. The third kappa shape index (κ3) is 4.56. The molecule has 1 aliphatic rings. The summed E-state index contributed by atoms with van der Waals surface area (Å²) in [7, 11) is 1.64. The zero-order valence-electron chi connectivity index (χ0n) is 17.0. The lowest BCUT2D eigenvalue weighted by Crippen LogP contribution is -2.33. The Morgan fingerprint density at radius 2 is 1.97 bits per heavy atom. The molecule has 1 saturated heterocycles. The topological polar surface area (TPSA) is 76.0 Å². The number of benzene rings is 1. The molecule has 29 heavy (non-hydrogen) atoms. The van der Waals surface area contributed by atoms with Crippen LogP contribution in [0.3, 0.4) is 0 Å². The lowest BCUT2D eigenvalue weighted by Gasteiger charge is -2.31. The molecule has 3 heterocycles. The van der Waals surface area contributed by atoms with Crippen molar-refractivity contribution in [2.45, 2.75) is 38.8 Å². The van der Waals surface area contributed by atoms with Gasteiger partial charge in [0.1, 0.15) is 11.6 Å². The van der Waals surface area contributed by atoms with E-state index < -0.39 is 0 Å². The molecule has 1 fully saturated rings. The van der Waals surface area contributed by atoms with Gasteiger partial charge in [-0.3, -0.25) is 14.4 Å². The Bertz CT molecular complexity index is 1000. The molecular weight excluding hydrogens is 366 g/mol. The minimum atomic E-state index is -0.102. The summed E-state index contributed by atoms with van der Waals surface area (Å²) in [5.41, 5.74) is 2.92. The molecule has 0 aliphatic carbocycles. The highest BCUT2D eigenvalue weighted by Crippen LogP contribution is 2.28. The van der Waals surface area contributed by atoms with Crippen LogP contribution in [0.5, 0.6) is 5.75 Å². The maximum absolute atomic E-state index is 12.2. The minimum absolute atomic E-state index is 0.102. The maximum atomic E-state index is 12.2. The van der Waals surface area contributed by atoms with Gasteiger partial charge in [0.15, 0.2) is 0 Å². The zero-order valence-corrected chi connectivity index (χ0v) is 17.0. The van der Waals surface area contributed by atoms with E-state index in [2.05, 4.69) is 28.1 Å². The van der Waals surface area contributed by atoms with Crippen molar-refractivity contribution in [3.8, 4) is 17.1 Å². The number of nitrogens with one attached hydrogen (secondary N) is 1. The average Bonchev–Trinajstić information content (AvgIpc) is 3.21. The van der Waals surface area contributed by atoms with Crippen LogP contribution in [0.4, 0.5) is 0 Å². The molecular formula is C22H27N5O2. The van der Waals surface area contributed by atoms with E-state index in [0.717, 1.165) is 56.0 Å². The van der Waals surface area contributed by atoms with E-state index in [-0.39, 0.29) is 5.56 Å². The van der Waals surface area contributed by atoms with Gasteiger partial charge in [-0.2, -0.15) is 5.10 Å². The van der Waals surface area contributed by atoms with E-state index in [1.165, 1.54) is 5.56 Å². The van der Waals surface area contributed by atoms with Gasteiger partial charge in [0.25, 0.3) is 5.56 Å². The number of H-pyrrole nitrogens is 1. The van der Waals surface area contributed by atoms with E-state index in [9.17, 15) is 4.79 Å². The van der Waals surface area contributed by atoms with Crippen LogP contribution in [0.25, 0.3) is 11.4 Å². The molecule has 3 aromatic rings. The zero-order chi connectivity index (χ0) is 20.2. The monoisotopic (exact) mass is 393 g/mol. The van der Waals surface area contributed by atoms with E-state index in [0.29, 0.717) is 11.7 Å². The van der Waals surface area contributed by atoms with Crippen molar-refractivity contribution in [2.24, 2.45) is 0 Å². The van der Waals surface area contributed by atoms with Crippen molar-refractivity contribution < 1.29 is 4.74 Å². The van der Waals surface area contributed by atoms with Gasteiger partial charge in [-0.1, -0.05) is 0 Å². The van der Waals surface area contributed by atoms with Gasteiger partial charge < -0.3 is 9.72 Å². The number of rotatable bonds is 6. The van der Waals surface area contributed by atoms with Gasteiger partial charge in [-0.15, -0.1) is 0 Å². The molecule has 1 aromatic carbocycles. The minimum Gasteiger partial charge on any atom is -0.497 e. The first-order chi connectivity index (χ1) is 14.1. The van der Waals surface area contributed by atoms with E-state index in [1.807, 2.05) is 35.1 Å². The fourth-order valence-corrected chi connectivity index (χ4v) is 3.88. The van der Waals surface area contributed by atoms with Crippen molar-refractivity contribution in [1.29, 1.82) is 0 Å². The van der Waals surface area contributed by atoms with Crippen LogP contribution in [0, 0.1) is 0 Å². The third-order valence-electron chi connectivity index (χ3n) is 5.55. The predicted octanol–water partition coefficient (Wildman–Crippen LogP) is 3.04. The molecule has 7 nitrogen and oxygen atoms in total. The number of aryl methyl sites for hydroxylation is 1. The summed E-state index contributed by atoms with van der Waals surface area (Å²) in [5, 5.41) is 4.36. The highest BCUT2D eigenvalue weighted by molar-refractivity contribution is 5.56. The van der Waals surface area contributed by atoms with Gasteiger partial charge in [0, 0.05) is 42.4 Å². The molecule has 1 aliphatic heterocycles. The molecule has 4 rings (SSSR count). The number of aromatic amines is 1. The smallest absolute Gasteiger partial charge is 0.251 e. The van der Waals surface area contributed by atoms with Crippen LogP contribution in [-0.4, -0.2) is 44.8 Å². The van der Waals surface area contributed by atoms with Crippen LogP contribution >= 0.6 is 0 Å². The molecule has 0 amide bonds. The lowest BCUT2D eigenvalue weighted by atomic mass is 9.93. The Labute approximate surface area is 170 Å². The second-order valence-corrected chi connectivity index (χ2v) is 7.50. The SMILES string of the molecule is CCn1cc(CN2CCC(c3cc(=O)[nH]c(-c4ccc(OC)cc4)n3)CC2)cn1. The number of ether oxygens (including phenoxy) is 1. The Morgan fingerprint density at radius 3 is 2.62 bits per heavy atom. The fraction of sp³-hybridized carbons (Fsp3) is 0.409. The maximum Gasteiger partial charge on any atom is 0.251 e. The normalized spacial score (nSPS) is 15.5. The summed E-state index contributed by atoms with van der Waals surface area (Å²) in [4.78, 5) is 22.3. The number of hydrogen-bond donors (Lipinski definition) is 1. The van der Waals surface area contributed by atoms with Crippen LogP contribution in [0.15, 0.2) is 47.5 Å². The number of aromatic nitrogens is 4. The Kier molecular flexibility index (Phi) is 5.76. The second kappa shape index (κ2) is 8.61. The first-order valence-electron chi connectivity index (χ1n) is 10.1. The first kappa shape index (κ1) is 19.4. The molecule has 2 aromatic heterocycles. The third-order valence-corrected chi connectivity index (χ3v) is 5.55.